The van der Waals surface area contributed by atoms with Gasteiger partial charge in [-0.25, -0.2) is 43.9 Å². The number of aryl methyl sites for hydroxylation is 11. The number of ether oxygens (including phenoxy) is 9. The minimum absolute atomic E-state index is 0.0457. The molecular formula is C77H97N11O21. The number of carbonyl (C=O) groups is 5. The number of nitrogens with one attached hydrogen (secondary N) is 1. The van der Waals surface area contributed by atoms with Gasteiger partial charge in [0.2, 0.25) is 17.5 Å². The van der Waals surface area contributed by atoms with Gasteiger partial charge in [0.15, 0.2) is 0 Å². The van der Waals surface area contributed by atoms with Crippen molar-refractivity contribution >= 4 is 86.1 Å². The maximum atomic E-state index is 12.3. The van der Waals surface area contributed by atoms with E-state index in [9.17, 15) is 58.9 Å². The summed E-state index contributed by atoms with van der Waals surface area (Å²) >= 11 is 0. The summed E-state index contributed by atoms with van der Waals surface area (Å²) in [6.07, 6.45) is 3.41. The number of aromatic nitrogens is 9. The van der Waals surface area contributed by atoms with E-state index < -0.39 is 39.2 Å². The lowest BCUT2D eigenvalue weighted by atomic mass is 10.0. The van der Waals surface area contributed by atoms with Crippen molar-refractivity contribution in [2.45, 2.75) is 131 Å². The Morgan fingerprint density at radius 2 is 0.881 bits per heavy atom. The molecule has 0 radical (unpaired) electrons. The Morgan fingerprint density at radius 1 is 0.486 bits per heavy atom. The molecule has 10 rings (SSSR count). The van der Waals surface area contributed by atoms with Crippen LogP contribution in [-0.2, 0) is 67.9 Å². The summed E-state index contributed by atoms with van der Waals surface area (Å²) < 4.78 is 51.6. The third kappa shape index (κ3) is 18.9. The van der Waals surface area contributed by atoms with Gasteiger partial charge in [-0.1, -0.05) is 0 Å². The molecule has 586 valence electrons. The SMILES string of the molecule is CCOC(=O)/C(O)=C/c1c(C)c(C)nc(OC)c1[N+](=O)[O-].CCOC(=O)C1=Cc2c(C)c(C)nc(OC)c2C1.CCOC(=O)c1cc2c(C)c(C)[nH]c(=O)c2n1C.CCOC(=O)c1cc2c(C)c(C)n(C)c(=O)c2n1C.CCOC(=O)c1cc2c(C)c(C)nc(OC)c2n1C.COc1nc(C)c(C)c(C)c1[N+](=O)[O-]. The number of nitrogens with zero attached hydrogens (tertiary/aromatic N) is 10. The maximum Gasteiger partial charge on any atom is 0.373 e. The van der Waals surface area contributed by atoms with E-state index in [1.54, 1.807) is 128 Å². The Labute approximate surface area is 629 Å². The number of aliphatic hydroxyl groups excluding tert-OH is 1. The quantitative estimate of drug-likeness (QED) is 0.0213. The van der Waals surface area contributed by atoms with Gasteiger partial charge in [-0.15, -0.1) is 0 Å². The maximum absolute atomic E-state index is 12.3. The van der Waals surface area contributed by atoms with Gasteiger partial charge in [-0.3, -0.25) is 29.8 Å². The Kier molecular flexibility index (Phi) is 30.3. The van der Waals surface area contributed by atoms with E-state index in [1.165, 1.54) is 14.2 Å². The number of nitro groups is 2. The highest BCUT2D eigenvalue weighted by molar-refractivity contribution is 6.00. The summed E-state index contributed by atoms with van der Waals surface area (Å²) in [5.41, 5.74) is 15.9. The minimum atomic E-state index is -0.959. The molecule has 0 bridgehead atoms. The average molecular weight is 1510 g/mol. The first-order valence-corrected chi connectivity index (χ1v) is 34.5. The molecule has 109 heavy (non-hydrogen) atoms. The zero-order chi connectivity index (χ0) is 82.2. The third-order valence-electron chi connectivity index (χ3n) is 18.5. The van der Waals surface area contributed by atoms with E-state index in [4.69, 9.17) is 37.9 Å². The van der Waals surface area contributed by atoms with E-state index >= 15 is 0 Å². The lowest BCUT2D eigenvalue weighted by Crippen LogP contribution is -2.22. The predicted octanol–water partition coefficient (Wildman–Crippen LogP) is 11.9. The fraction of sp³-hybridized carbons (Fsp3) is 0.416. The van der Waals surface area contributed by atoms with Gasteiger partial charge in [0.25, 0.3) is 22.9 Å². The van der Waals surface area contributed by atoms with Crippen LogP contribution in [0.5, 0.6) is 23.5 Å². The van der Waals surface area contributed by atoms with Crippen molar-refractivity contribution in [3.05, 3.63) is 177 Å². The van der Waals surface area contributed by atoms with Crippen LogP contribution in [-0.4, -0.2) is 149 Å². The van der Waals surface area contributed by atoms with Gasteiger partial charge < -0.3 is 71.0 Å². The summed E-state index contributed by atoms with van der Waals surface area (Å²) in [5, 5.41) is 34.2. The number of carbonyl (C=O) groups excluding carboxylic acids is 5. The standard InChI is InChI=1S/2C14H18N2O3.C14H17NO3.C13H16N2O6.C13H16N2O3.C9H12N2O3/c1-6-19-14(17)11-7-10-8(2)9(3)15-13(18-5)12(10)16(11)4;1-6-19-14(18)11-7-10-8(2)9(3)15(4)13(17)12(10)16(11)5;1-5-18-14(16)10-6-11-8(2)9(3)15-13(17-4)12(11)7-10;1-5-21-13(17)10(16)6-9-7(2)8(3)14-12(20-4)11(9)15(18)19;1-5-18-13(17)10-6-9-7(2)8(3)14-12(16)11(9)15(10)4;1-5-6(2)8(11(12)13)9(14-4)10-7(5)3/h2*7H,6H2,1-5H3;6H,5,7H2,1-4H3;6,16H,5H2,1-4H3;6H,5H2,1-4H3,(H,14,16);1-4H3/b;;;10-6-;;. The topological polar surface area (TPSA) is 396 Å². The van der Waals surface area contributed by atoms with Crippen LogP contribution in [0.15, 0.2) is 39.1 Å². The van der Waals surface area contributed by atoms with Crippen molar-refractivity contribution in [1.82, 2.24) is 43.2 Å². The van der Waals surface area contributed by atoms with Gasteiger partial charge in [-0.2, -0.15) is 0 Å². The van der Waals surface area contributed by atoms with Gasteiger partial charge in [0.1, 0.15) is 33.6 Å². The second-order valence-corrected chi connectivity index (χ2v) is 24.8. The predicted molar refractivity (Wildman–Crippen MR) is 410 cm³/mol. The van der Waals surface area contributed by atoms with Crippen LogP contribution in [0, 0.1) is 110 Å². The average Bonchev–Trinajstić information content (AvgIpc) is 1.64. The normalized spacial score (nSPS) is 11.2. The molecule has 0 unspecified atom stereocenters. The molecule has 32 nitrogen and oxygen atoms in total. The first kappa shape index (κ1) is 87.4. The van der Waals surface area contributed by atoms with Crippen LogP contribution >= 0.6 is 0 Å². The number of rotatable bonds is 17. The van der Waals surface area contributed by atoms with E-state index in [-0.39, 0.29) is 52.7 Å². The number of fused-ring (bicyclic) bond motifs is 4. The van der Waals surface area contributed by atoms with Crippen molar-refractivity contribution in [1.29, 1.82) is 0 Å². The number of hydrogen-bond acceptors (Lipinski definition) is 25. The molecule has 0 aromatic carbocycles. The first-order chi connectivity index (χ1) is 51.3. The van der Waals surface area contributed by atoms with Crippen LogP contribution in [0.1, 0.15) is 156 Å². The van der Waals surface area contributed by atoms with Crippen molar-refractivity contribution < 1.29 is 81.6 Å². The molecular weight excluding hydrogens is 1410 g/mol. The molecule has 9 heterocycles. The molecule has 9 aromatic heterocycles. The van der Waals surface area contributed by atoms with Gasteiger partial charge in [-0.05, 0) is 188 Å². The highest BCUT2D eigenvalue weighted by atomic mass is 16.6. The zero-order valence-electron chi connectivity index (χ0n) is 66.7. The Hall–Kier alpha value is -12.3. The van der Waals surface area contributed by atoms with E-state index in [0.717, 1.165) is 95.2 Å². The second-order valence-electron chi connectivity index (χ2n) is 24.8. The minimum Gasteiger partial charge on any atom is -0.502 e. The van der Waals surface area contributed by atoms with Gasteiger partial charge >= 0.3 is 41.2 Å². The molecule has 9 aromatic rings. The van der Waals surface area contributed by atoms with Crippen molar-refractivity contribution in [3.8, 4) is 23.5 Å². The van der Waals surface area contributed by atoms with Crippen LogP contribution in [0.25, 0.3) is 44.9 Å². The smallest absolute Gasteiger partial charge is 0.373 e. The molecule has 2 N–H and O–H groups in total. The number of esters is 5. The fourth-order valence-corrected chi connectivity index (χ4v) is 11.6. The van der Waals surface area contributed by atoms with E-state index in [1.807, 2.05) is 81.5 Å². The fourth-order valence-electron chi connectivity index (χ4n) is 11.6. The summed E-state index contributed by atoms with van der Waals surface area (Å²) in [5.74, 6) is -2.07. The first-order valence-electron chi connectivity index (χ1n) is 34.5. The van der Waals surface area contributed by atoms with Crippen LogP contribution in [0.3, 0.4) is 0 Å². The van der Waals surface area contributed by atoms with Gasteiger partial charge in [0, 0.05) is 108 Å². The Balaban J connectivity index is 0.000000235. The molecule has 0 aliphatic heterocycles. The summed E-state index contributed by atoms with van der Waals surface area (Å²) in [7, 11) is 12.8. The monoisotopic (exact) mass is 1510 g/mol. The highest BCUT2D eigenvalue weighted by Gasteiger charge is 2.30. The molecule has 0 spiro atoms. The number of aliphatic hydroxyl groups is 1. The number of aromatic amines is 1. The molecule has 1 aliphatic carbocycles. The van der Waals surface area contributed by atoms with Crippen molar-refractivity contribution in [3.63, 3.8) is 0 Å². The summed E-state index contributed by atoms with van der Waals surface area (Å²) in [4.78, 5) is 123. The largest absolute Gasteiger partial charge is 0.502 e. The summed E-state index contributed by atoms with van der Waals surface area (Å²) in [6, 6.07) is 5.28. The Morgan fingerprint density at radius 3 is 1.35 bits per heavy atom. The number of H-pyrrole nitrogens is 1. The molecule has 0 fully saturated rings. The molecule has 0 atom stereocenters. The molecule has 1 aliphatic rings. The van der Waals surface area contributed by atoms with E-state index in [0.29, 0.717) is 95.1 Å². The van der Waals surface area contributed by atoms with Crippen molar-refractivity contribution in [2.24, 2.45) is 28.2 Å². The lowest BCUT2D eigenvalue weighted by molar-refractivity contribution is -0.386. The number of hydrogen-bond donors (Lipinski definition) is 2. The number of pyridine rings is 6. The van der Waals surface area contributed by atoms with Crippen LogP contribution in [0.2, 0.25) is 0 Å². The van der Waals surface area contributed by atoms with Crippen LogP contribution in [0.4, 0.5) is 11.4 Å². The molecule has 32 heteroatoms. The van der Waals surface area contributed by atoms with Crippen molar-refractivity contribution in [2.75, 3.05) is 61.5 Å². The molecule has 0 saturated carbocycles. The molecule has 0 saturated heterocycles. The Bertz CT molecular complexity index is 5220. The zero-order valence-corrected chi connectivity index (χ0v) is 66.7. The lowest BCUT2D eigenvalue weighted by Gasteiger charge is -2.10. The van der Waals surface area contributed by atoms with E-state index in [2.05, 4.69) is 29.7 Å². The second kappa shape index (κ2) is 37.8. The number of methoxy groups -OCH3 is 4. The third-order valence-corrected chi connectivity index (χ3v) is 18.5. The van der Waals surface area contributed by atoms with Gasteiger partial charge in [0.05, 0.1) is 76.9 Å². The van der Waals surface area contributed by atoms with Crippen LogP contribution < -0.4 is 30.1 Å². The molecule has 0 amide bonds. The highest BCUT2D eigenvalue weighted by Crippen LogP contribution is 2.38. The summed E-state index contributed by atoms with van der Waals surface area (Å²) in [6.45, 7) is 34.1.